The molecule has 0 heterocycles. The first-order valence-electron chi connectivity index (χ1n) is 6.85. The van der Waals surface area contributed by atoms with Gasteiger partial charge in [0, 0.05) is 12.1 Å². The molecule has 0 aliphatic carbocycles. The Morgan fingerprint density at radius 1 is 1.25 bits per heavy atom. The van der Waals surface area contributed by atoms with Crippen molar-refractivity contribution in [3.8, 4) is 0 Å². The lowest BCUT2D eigenvalue weighted by Crippen LogP contribution is -2.69. The van der Waals surface area contributed by atoms with Crippen LogP contribution in [0.3, 0.4) is 0 Å². The molecule has 0 bridgehead atoms. The minimum absolute atomic E-state index is 0.302. The molecule has 0 aliphatic rings. The number of rotatable bonds is 6. The number of benzene rings is 1. The Balaban J connectivity index is 3.39. The fourth-order valence-corrected chi connectivity index (χ4v) is 1.90. The Bertz CT molecular complexity index is 625. The first-order valence-corrected chi connectivity index (χ1v) is 7.23. The molecule has 1 aromatic carbocycles. The maximum Gasteiger partial charge on any atom is 0.441 e. The molecule has 0 fully saturated rings. The van der Waals surface area contributed by atoms with Crippen LogP contribution in [0.2, 0.25) is 5.02 Å². The van der Waals surface area contributed by atoms with Gasteiger partial charge >= 0.3 is 17.8 Å². The summed E-state index contributed by atoms with van der Waals surface area (Å²) in [5, 5.41) is 3.01. The van der Waals surface area contributed by atoms with Crippen molar-refractivity contribution < 1.29 is 31.9 Å². The van der Waals surface area contributed by atoms with E-state index in [0.29, 0.717) is 0 Å². The number of hydrogen-bond donors (Lipinski definition) is 2. The number of esters is 1. The number of carbonyl (C=O) groups excluding carboxylic acids is 2. The molecule has 10 heteroatoms. The molecule has 1 rings (SSSR count). The maximum absolute atomic E-state index is 13.6. The molecule has 0 spiro atoms. The van der Waals surface area contributed by atoms with Gasteiger partial charge in [0.2, 0.25) is 5.91 Å². The van der Waals surface area contributed by atoms with E-state index in [1.54, 1.807) is 5.32 Å². The van der Waals surface area contributed by atoms with E-state index < -0.39 is 34.6 Å². The third kappa shape index (κ3) is 4.28. The number of nitrogens with one attached hydrogen (secondary N) is 2. The van der Waals surface area contributed by atoms with Crippen LogP contribution >= 0.6 is 11.6 Å². The van der Waals surface area contributed by atoms with Crippen molar-refractivity contribution in [3.05, 3.63) is 29.0 Å². The van der Waals surface area contributed by atoms with Crippen molar-refractivity contribution >= 4 is 29.2 Å². The van der Waals surface area contributed by atoms with Gasteiger partial charge in [-0.2, -0.15) is 13.2 Å². The first-order chi connectivity index (χ1) is 11.1. The third-order valence-corrected chi connectivity index (χ3v) is 3.20. The number of hydrogen-bond acceptors (Lipinski definition) is 4. The average Bonchev–Trinajstić information content (AvgIpc) is 2.49. The van der Waals surface area contributed by atoms with E-state index in [0.717, 1.165) is 18.2 Å². The van der Waals surface area contributed by atoms with Crippen LogP contribution in [-0.2, 0) is 14.3 Å². The summed E-state index contributed by atoms with van der Waals surface area (Å²) in [7, 11) is 0. The van der Waals surface area contributed by atoms with Crippen molar-refractivity contribution in [2.24, 2.45) is 0 Å². The largest absolute Gasteiger partial charge is 0.463 e. The van der Waals surface area contributed by atoms with Crippen LogP contribution < -0.4 is 10.6 Å². The Kier molecular flexibility index (Phi) is 6.42. The lowest BCUT2D eigenvalue weighted by molar-refractivity contribution is -0.207. The van der Waals surface area contributed by atoms with Crippen molar-refractivity contribution in [2.75, 3.05) is 11.9 Å². The van der Waals surface area contributed by atoms with E-state index in [-0.39, 0.29) is 18.7 Å². The maximum atomic E-state index is 13.6. The molecule has 24 heavy (non-hydrogen) atoms. The SMILES string of the molecule is CCOC(=O)[C@@](NC(=O)CC)(Nc1ccc(F)c(Cl)c1)C(F)(F)F. The molecule has 1 amide bonds. The smallest absolute Gasteiger partial charge is 0.441 e. The molecule has 5 nitrogen and oxygen atoms in total. The summed E-state index contributed by atoms with van der Waals surface area (Å²) in [6.07, 6.45) is -5.55. The number of alkyl halides is 3. The van der Waals surface area contributed by atoms with Gasteiger partial charge in [-0.15, -0.1) is 0 Å². The molecular formula is C14H15ClF4N2O3. The topological polar surface area (TPSA) is 67.4 Å². The van der Waals surface area contributed by atoms with E-state index in [1.807, 2.05) is 5.32 Å². The Labute approximate surface area is 140 Å². The van der Waals surface area contributed by atoms with Crippen LogP contribution in [0.1, 0.15) is 20.3 Å². The van der Waals surface area contributed by atoms with Crippen molar-refractivity contribution in [3.63, 3.8) is 0 Å². The summed E-state index contributed by atoms with van der Waals surface area (Å²) in [6.45, 7) is 2.29. The lowest BCUT2D eigenvalue weighted by Gasteiger charge is -2.35. The fraction of sp³-hybridized carbons (Fsp3) is 0.429. The van der Waals surface area contributed by atoms with E-state index in [4.69, 9.17) is 11.6 Å². The second-order valence-corrected chi connectivity index (χ2v) is 5.03. The predicted molar refractivity (Wildman–Crippen MR) is 78.9 cm³/mol. The second-order valence-electron chi connectivity index (χ2n) is 4.62. The van der Waals surface area contributed by atoms with Gasteiger partial charge in [0.1, 0.15) is 5.82 Å². The van der Waals surface area contributed by atoms with E-state index in [9.17, 15) is 27.2 Å². The van der Waals surface area contributed by atoms with Crippen LogP contribution in [0.5, 0.6) is 0 Å². The van der Waals surface area contributed by atoms with Gasteiger partial charge in [-0.25, -0.2) is 9.18 Å². The zero-order chi connectivity index (χ0) is 18.5. The molecular weight excluding hydrogens is 356 g/mol. The Morgan fingerprint density at radius 3 is 2.33 bits per heavy atom. The minimum atomic E-state index is -5.25. The van der Waals surface area contributed by atoms with Crippen LogP contribution in [0.4, 0.5) is 23.2 Å². The van der Waals surface area contributed by atoms with Crippen LogP contribution in [0.25, 0.3) is 0 Å². The molecule has 2 N–H and O–H groups in total. The molecule has 0 aliphatic heterocycles. The Hall–Kier alpha value is -2.03. The predicted octanol–water partition coefficient (Wildman–Crippen LogP) is 3.24. The number of anilines is 1. The quantitative estimate of drug-likeness (QED) is 0.458. The van der Waals surface area contributed by atoms with E-state index >= 15 is 0 Å². The summed E-state index contributed by atoms with van der Waals surface area (Å²) < 4.78 is 58.5. The molecule has 1 atom stereocenters. The fourth-order valence-electron chi connectivity index (χ4n) is 1.72. The summed E-state index contributed by atoms with van der Waals surface area (Å²) in [4.78, 5) is 23.5. The summed E-state index contributed by atoms with van der Waals surface area (Å²) in [5.74, 6) is -3.64. The van der Waals surface area contributed by atoms with Gasteiger partial charge in [-0.1, -0.05) is 18.5 Å². The van der Waals surface area contributed by atoms with Gasteiger partial charge < -0.3 is 15.4 Å². The molecule has 0 radical (unpaired) electrons. The zero-order valence-electron chi connectivity index (χ0n) is 12.8. The van der Waals surface area contributed by atoms with E-state index in [2.05, 4.69) is 4.74 Å². The highest BCUT2D eigenvalue weighted by atomic mass is 35.5. The summed E-state index contributed by atoms with van der Waals surface area (Å²) in [6, 6.07) is 2.62. The summed E-state index contributed by atoms with van der Waals surface area (Å²) >= 11 is 5.53. The monoisotopic (exact) mass is 370 g/mol. The minimum Gasteiger partial charge on any atom is -0.463 e. The molecule has 1 aromatic rings. The van der Waals surface area contributed by atoms with Crippen LogP contribution in [-0.4, -0.2) is 30.3 Å². The summed E-state index contributed by atoms with van der Waals surface area (Å²) in [5.41, 5.74) is -3.86. The lowest BCUT2D eigenvalue weighted by atomic mass is 10.1. The number of carbonyl (C=O) groups is 2. The van der Waals surface area contributed by atoms with Crippen LogP contribution in [0, 0.1) is 5.82 Å². The van der Waals surface area contributed by atoms with Crippen LogP contribution in [0.15, 0.2) is 18.2 Å². The van der Waals surface area contributed by atoms with Gasteiger partial charge in [-0.3, -0.25) is 4.79 Å². The second kappa shape index (κ2) is 7.69. The number of amides is 1. The molecule has 134 valence electrons. The van der Waals surface area contributed by atoms with Gasteiger partial charge in [0.15, 0.2) is 0 Å². The zero-order valence-corrected chi connectivity index (χ0v) is 13.5. The average molecular weight is 371 g/mol. The van der Waals surface area contributed by atoms with Crippen molar-refractivity contribution in [1.29, 1.82) is 0 Å². The number of halogens is 5. The first kappa shape index (κ1) is 20.0. The molecule has 0 unspecified atom stereocenters. The highest BCUT2D eigenvalue weighted by Crippen LogP contribution is 2.34. The van der Waals surface area contributed by atoms with Gasteiger partial charge in [-0.05, 0) is 25.1 Å². The van der Waals surface area contributed by atoms with Crippen molar-refractivity contribution in [2.45, 2.75) is 32.1 Å². The molecule has 0 aromatic heterocycles. The van der Waals surface area contributed by atoms with E-state index in [1.165, 1.54) is 13.8 Å². The normalized spacial score (nSPS) is 13.8. The van der Waals surface area contributed by atoms with Gasteiger partial charge in [0.25, 0.3) is 0 Å². The van der Waals surface area contributed by atoms with Gasteiger partial charge in [0.05, 0.1) is 11.6 Å². The van der Waals surface area contributed by atoms with Crippen molar-refractivity contribution in [1.82, 2.24) is 5.32 Å². The standard InChI is InChI=1S/C14H15ClF4N2O3/c1-3-11(22)21-13(14(17,18)19,12(23)24-4-2)20-8-5-6-10(16)9(15)7-8/h5-7,20H,3-4H2,1-2H3,(H,21,22)/t13-/m0/s1. The highest BCUT2D eigenvalue weighted by Gasteiger charge is 2.63. The third-order valence-electron chi connectivity index (χ3n) is 2.91. The molecule has 0 saturated carbocycles. The molecule has 0 saturated heterocycles. The Morgan fingerprint density at radius 2 is 1.88 bits per heavy atom. The number of ether oxygens (including phenoxy) is 1. The highest BCUT2D eigenvalue weighted by molar-refractivity contribution is 6.31.